The van der Waals surface area contributed by atoms with Gasteiger partial charge in [0.15, 0.2) is 11.5 Å². The van der Waals surface area contributed by atoms with Crippen LogP contribution in [0.5, 0.6) is 0 Å². The minimum absolute atomic E-state index is 0.321. The van der Waals surface area contributed by atoms with Crippen LogP contribution in [-0.2, 0) is 0 Å². The predicted molar refractivity (Wildman–Crippen MR) is 70.7 cm³/mol. The van der Waals surface area contributed by atoms with E-state index in [1.165, 1.54) is 5.06 Å². The molecule has 0 radical (unpaired) electrons. The molecule has 18 heavy (non-hydrogen) atoms. The van der Waals surface area contributed by atoms with E-state index in [1.807, 2.05) is 24.3 Å². The van der Waals surface area contributed by atoms with Gasteiger partial charge in [0.05, 0.1) is 0 Å². The first kappa shape index (κ1) is 13.1. The van der Waals surface area contributed by atoms with Gasteiger partial charge in [-0.2, -0.15) is 5.06 Å². The first-order valence-electron chi connectivity index (χ1n) is 6.42. The average molecular weight is 248 g/mol. The standard InChI is InChI=1S/C14H20N2O2/c1-11(7-5-6-10-16(2)17)14-15-12-8-3-4-9-13(12)18-14/h3-4,8-9,11,17H,5-7,10H2,1-2H3. The lowest BCUT2D eigenvalue weighted by Crippen LogP contribution is -2.13. The molecule has 0 saturated heterocycles. The van der Waals surface area contributed by atoms with Crippen LogP contribution in [0.1, 0.15) is 38.0 Å². The van der Waals surface area contributed by atoms with Crippen molar-refractivity contribution in [2.75, 3.05) is 13.6 Å². The molecule has 4 nitrogen and oxygen atoms in total. The van der Waals surface area contributed by atoms with Crippen LogP contribution in [0.15, 0.2) is 28.7 Å². The van der Waals surface area contributed by atoms with Crippen LogP contribution in [-0.4, -0.2) is 28.8 Å². The number of hydrogen-bond donors (Lipinski definition) is 1. The third kappa shape index (κ3) is 3.31. The molecule has 1 unspecified atom stereocenters. The Morgan fingerprint density at radius 3 is 2.83 bits per heavy atom. The first-order chi connectivity index (χ1) is 8.66. The highest BCUT2D eigenvalue weighted by atomic mass is 16.5. The van der Waals surface area contributed by atoms with Crippen LogP contribution in [0.4, 0.5) is 0 Å². The largest absolute Gasteiger partial charge is 0.440 e. The van der Waals surface area contributed by atoms with Crippen LogP contribution in [0.2, 0.25) is 0 Å². The SMILES string of the molecule is CC(CCCCN(C)O)c1nc2ccccc2o1. The first-order valence-corrected chi connectivity index (χ1v) is 6.42. The van der Waals surface area contributed by atoms with Gasteiger partial charge in [-0.25, -0.2) is 4.98 Å². The molecule has 1 aromatic heterocycles. The molecule has 4 heteroatoms. The molecule has 0 bridgehead atoms. The van der Waals surface area contributed by atoms with E-state index in [9.17, 15) is 0 Å². The van der Waals surface area contributed by atoms with Crippen LogP contribution in [0.25, 0.3) is 11.1 Å². The van der Waals surface area contributed by atoms with Gasteiger partial charge in [0.25, 0.3) is 0 Å². The van der Waals surface area contributed by atoms with Gasteiger partial charge in [-0.05, 0) is 25.0 Å². The molecule has 0 spiro atoms. The molecule has 98 valence electrons. The highest BCUT2D eigenvalue weighted by Gasteiger charge is 2.12. The Kier molecular flexibility index (Phi) is 4.33. The Labute approximate surface area is 107 Å². The zero-order valence-electron chi connectivity index (χ0n) is 11.0. The molecular weight excluding hydrogens is 228 g/mol. The summed E-state index contributed by atoms with van der Waals surface area (Å²) in [5.74, 6) is 1.13. The lowest BCUT2D eigenvalue weighted by atomic mass is 10.0. The summed E-state index contributed by atoms with van der Waals surface area (Å²) in [4.78, 5) is 4.50. The van der Waals surface area contributed by atoms with Gasteiger partial charge >= 0.3 is 0 Å². The van der Waals surface area contributed by atoms with Crippen LogP contribution in [0, 0.1) is 0 Å². The summed E-state index contributed by atoms with van der Waals surface area (Å²) < 4.78 is 5.74. The van der Waals surface area contributed by atoms with E-state index in [0.29, 0.717) is 12.5 Å². The van der Waals surface area contributed by atoms with Crippen molar-refractivity contribution in [2.45, 2.75) is 32.1 Å². The van der Waals surface area contributed by atoms with Gasteiger partial charge in [0.1, 0.15) is 5.52 Å². The normalized spacial score (nSPS) is 13.3. The maximum absolute atomic E-state index is 9.03. The van der Waals surface area contributed by atoms with Crippen molar-refractivity contribution in [1.29, 1.82) is 0 Å². The summed E-state index contributed by atoms with van der Waals surface area (Å²) in [5, 5.41) is 10.3. The van der Waals surface area contributed by atoms with Gasteiger partial charge in [0.2, 0.25) is 0 Å². The fourth-order valence-electron chi connectivity index (χ4n) is 2.02. The molecule has 1 N–H and O–H groups in total. The third-order valence-corrected chi connectivity index (χ3v) is 3.10. The number of hydrogen-bond acceptors (Lipinski definition) is 4. The smallest absolute Gasteiger partial charge is 0.198 e. The number of nitrogens with zero attached hydrogens (tertiary/aromatic N) is 2. The molecule has 1 atom stereocenters. The topological polar surface area (TPSA) is 49.5 Å². The van der Waals surface area contributed by atoms with E-state index in [4.69, 9.17) is 9.62 Å². The van der Waals surface area contributed by atoms with Gasteiger partial charge in [0, 0.05) is 19.5 Å². The van der Waals surface area contributed by atoms with E-state index in [-0.39, 0.29) is 0 Å². The lowest BCUT2D eigenvalue weighted by Gasteiger charge is -2.09. The molecule has 2 aromatic rings. The quantitative estimate of drug-likeness (QED) is 0.628. The fraction of sp³-hybridized carbons (Fsp3) is 0.500. The Balaban J connectivity index is 1.90. The van der Waals surface area contributed by atoms with Crippen molar-refractivity contribution in [3.05, 3.63) is 30.2 Å². The minimum atomic E-state index is 0.321. The molecule has 1 heterocycles. The second-order valence-corrected chi connectivity index (χ2v) is 4.80. The minimum Gasteiger partial charge on any atom is -0.440 e. The molecule has 0 saturated carbocycles. The van der Waals surface area contributed by atoms with Crippen molar-refractivity contribution in [1.82, 2.24) is 10.0 Å². The molecule has 0 aliphatic heterocycles. The summed E-state index contributed by atoms with van der Waals surface area (Å²) in [6.07, 6.45) is 3.07. The second kappa shape index (κ2) is 5.98. The summed E-state index contributed by atoms with van der Waals surface area (Å²) in [5.41, 5.74) is 1.78. The zero-order chi connectivity index (χ0) is 13.0. The fourth-order valence-corrected chi connectivity index (χ4v) is 2.02. The van der Waals surface area contributed by atoms with Crippen molar-refractivity contribution in [3.8, 4) is 0 Å². The van der Waals surface area contributed by atoms with Crippen molar-refractivity contribution in [3.63, 3.8) is 0 Å². The van der Waals surface area contributed by atoms with E-state index >= 15 is 0 Å². The van der Waals surface area contributed by atoms with Gasteiger partial charge in [-0.3, -0.25) is 0 Å². The summed E-state index contributed by atoms with van der Waals surface area (Å²) in [7, 11) is 1.67. The number of unbranched alkanes of at least 4 members (excludes halogenated alkanes) is 1. The average Bonchev–Trinajstić information content (AvgIpc) is 2.78. The van der Waals surface area contributed by atoms with Gasteiger partial charge in [-0.15, -0.1) is 0 Å². The zero-order valence-corrected chi connectivity index (χ0v) is 11.0. The number of oxazole rings is 1. The van der Waals surface area contributed by atoms with E-state index < -0.39 is 0 Å². The number of fused-ring (bicyclic) bond motifs is 1. The summed E-state index contributed by atoms with van der Waals surface area (Å²) in [6, 6.07) is 7.84. The molecule has 0 aliphatic rings. The Bertz CT molecular complexity index is 460. The van der Waals surface area contributed by atoms with Crippen molar-refractivity contribution < 1.29 is 9.62 Å². The van der Waals surface area contributed by atoms with Crippen LogP contribution < -0.4 is 0 Å². The number of rotatable bonds is 6. The van der Waals surface area contributed by atoms with Crippen molar-refractivity contribution in [2.24, 2.45) is 0 Å². The molecule has 0 fully saturated rings. The van der Waals surface area contributed by atoms with Crippen LogP contribution >= 0.6 is 0 Å². The molecular formula is C14H20N2O2. The molecule has 0 aliphatic carbocycles. The number of aromatic nitrogens is 1. The van der Waals surface area contributed by atoms with Crippen LogP contribution in [0.3, 0.4) is 0 Å². The van der Waals surface area contributed by atoms with E-state index in [2.05, 4.69) is 11.9 Å². The van der Waals surface area contributed by atoms with E-state index in [1.54, 1.807) is 7.05 Å². The van der Waals surface area contributed by atoms with Gasteiger partial charge in [-0.1, -0.05) is 25.5 Å². The maximum Gasteiger partial charge on any atom is 0.198 e. The summed E-state index contributed by atoms with van der Waals surface area (Å²) in [6.45, 7) is 2.84. The Hall–Kier alpha value is -1.39. The molecule has 0 amide bonds. The van der Waals surface area contributed by atoms with Gasteiger partial charge < -0.3 is 9.62 Å². The van der Waals surface area contributed by atoms with E-state index in [0.717, 1.165) is 36.3 Å². The second-order valence-electron chi connectivity index (χ2n) is 4.80. The van der Waals surface area contributed by atoms with Crippen molar-refractivity contribution >= 4 is 11.1 Å². The molecule has 2 rings (SSSR count). The molecule has 1 aromatic carbocycles. The highest BCUT2D eigenvalue weighted by Crippen LogP contribution is 2.24. The Morgan fingerprint density at radius 2 is 2.11 bits per heavy atom. The maximum atomic E-state index is 9.03. The lowest BCUT2D eigenvalue weighted by molar-refractivity contribution is -0.0656. The Morgan fingerprint density at radius 1 is 1.33 bits per heavy atom. The summed E-state index contributed by atoms with van der Waals surface area (Å²) >= 11 is 0. The monoisotopic (exact) mass is 248 g/mol. The predicted octanol–water partition coefficient (Wildman–Crippen LogP) is 3.42. The highest BCUT2D eigenvalue weighted by molar-refractivity contribution is 5.72. The number of hydroxylamine groups is 2. The third-order valence-electron chi connectivity index (χ3n) is 3.10. The number of para-hydroxylation sites is 2. The number of benzene rings is 1.